The van der Waals surface area contributed by atoms with E-state index in [1.807, 2.05) is 24.3 Å². The molecule has 0 aliphatic carbocycles. The minimum absolute atomic E-state index is 0.257. The normalized spacial score (nSPS) is 11.4. The lowest BCUT2D eigenvalue weighted by atomic mass is 10.2. The molecule has 148 valence electrons. The molecule has 1 N–H and O–H groups in total. The second-order valence-electron chi connectivity index (χ2n) is 6.12. The number of esters is 1. The highest BCUT2D eigenvalue weighted by Crippen LogP contribution is 2.17. The van der Waals surface area contributed by atoms with Gasteiger partial charge in [-0.2, -0.15) is 0 Å². The molecule has 2 aromatic rings. The topological polar surface area (TPSA) is 75.7 Å². The van der Waals surface area contributed by atoms with Crippen LogP contribution in [0, 0.1) is 0 Å². The Hall–Kier alpha value is -2.38. The Morgan fingerprint density at radius 1 is 1.14 bits per heavy atom. The third kappa shape index (κ3) is 6.07. The minimum Gasteiger partial charge on any atom is -0.454 e. The number of halogens is 2. The van der Waals surface area contributed by atoms with Crippen molar-refractivity contribution in [3.63, 3.8) is 0 Å². The van der Waals surface area contributed by atoms with Gasteiger partial charge in [0.1, 0.15) is 6.04 Å². The molecule has 2 aromatic carbocycles. The monoisotopic (exact) mass is 466 g/mol. The predicted molar refractivity (Wildman–Crippen MR) is 110 cm³/mol. The smallest absolute Gasteiger partial charge is 0.328 e. The molecule has 0 spiro atoms. The van der Waals surface area contributed by atoms with Crippen LogP contribution in [0.15, 0.2) is 53.0 Å². The molecular formula is C20H20BrClN2O4. The SMILES string of the molecule is C[C@H](NC(=O)c1ccccc1Cl)C(=O)OCC(=O)N(C)Cc1ccccc1Br. The number of benzene rings is 2. The van der Waals surface area contributed by atoms with Crippen molar-refractivity contribution in [1.82, 2.24) is 10.2 Å². The zero-order chi connectivity index (χ0) is 20.7. The number of hydrogen-bond donors (Lipinski definition) is 1. The average molecular weight is 468 g/mol. The van der Waals surface area contributed by atoms with Gasteiger partial charge in [0.25, 0.3) is 11.8 Å². The van der Waals surface area contributed by atoms with E-state index in [0.29, 0.717) is 6.54 Å². The summed E-state index contributed by atoms with van der Waals surface area (Å²) < 4.78 is 5.92. The predicted octanol–water partition coefficient (Wildman–Crippen LogP) is 3.42. The van der Waals surface area contributed by atoms with Crippen molar-refractivity contribution in [2.24, 2.45) is 0 Å². The largest absolute Gasteiger partial charge is 0.454 e. The van der Waals surface area contributed by atoms with Gasteiger partial charge in [0.2, 0.25) is 0 Å². The summed E-state index contributed by atoms with van der Waals surface area (Å²) in [7, 11) is 1.62. The zero-order valence-electron chi connectivity index (χ0n) is 15.4. The molecule has 0 aliphatic rings. The average Bonchev–Trinajstić information content (AvgIpc) is 2.67. The molecule has 0 aliphatic heterocycles. The van der Waals surface area contributed by atoms with Gasteiger partial charge in [-0.3, -0.25) is 9.59 Å². The summed E-state index contributed by atoms with van der Waals surface area (Å²) >= 11 is 9.40. The number of carbonyl (C=O) groups excluding carboxylic acids is 3. The van der Waals surface area contributed by atoms with Crippen LogP contribution >= 0.6 is 27.5 Å². The fraction of sp³-hybridized carbons (Fsp3) is 0.250. The zero-order valence-corrected chi connectivity index (χ0v) is 17.8. The van der Waals surface area contributed by atoms with E-state index in [0.717, 1.165) is 10.0 Å². The van der Waals surface area contributed by atoms with E-state index >= 15 is 0 Å². The molecular weight excluding hydrogens is 448 g/mol. The Balaban J connectivity index is 1.83. The van der Waals surface area contributed by atoms with E-state index in [4.69, 9.17) is 16.3 Å². The number of nitrogens with one attached hydrogen (secondary N) is 1. The van der Waals surface area contributed by atoms with Crippen LogP contribution in [0.25, 0.3) is 0 Å². The van der Waals surface area contributed by atoms with Crippen molar-refractivity contribution in [1.29, 1.82) is 0 Å². The van der Waals surface area contributed by atoms with E-state index in [9.17, 15) is 14.4 Å². The summed E-state index contributed by atoms with van der Waals surface area (Å²) in [5, 5.41) is 2.79. The minimum atomic E-state index is -0.926. The summed E-state index contributed by atoms with van der Waals surface area (Å²) in [4.78, 5) is 37.9. The molecule has 8 heteroatoms. The fourth-order valence-electron chi connectivity index (χ4n) is 2.32. The Kier molecular flexibility index (Phi) is 8.02. The number of likely N-dealkylation sites (N-methyl/N-ethyl adjacent to an activating group) is 1. The van der Waals surface area contributed by atoms with Crippen molar-refractivity contribution < 1.29 is 19.1 Å². The molecule has 1 atom stereocenters. The summed E-state index contributed by atoms with van der Waals surface area (Å²) in [6.07, 6.45) is 0. The number of ether oxygens (including phenoxy) is 1. The molecule has 0 fully saturated rings. The van der Waals surface area contributed by atoms with Crippen LogP contribution < -0.4 is 5.32 Å². The molecule has 0 saturated carbocycles. The molecule has 0 aromatic heterocycles. The molecule has 0 saturated heterocycles. The first-order valence-electron chi connectivity index (χ1n) is 8.49. The van der Waals surface area contributed by atoms with Crippen LogP contribution in [0.2, 0.25) is 5.02 Å². The van der Waals surface area contributed by atoms with Gasteiger partial charge in [0.15, 0.2) is 6.61 Å². The molecule has 6 nitrogen and oxygen atoms in total. The maximum absolute atomic E-state index is 12.2. The Bertz CT molecular complexity index is 875. The standard InChI is InChI=1S/C20H20BrClN2O4/c1-13(23-19(26)15-8-4-6-10-17(15)22)20(27)28-12-18(25)24(2)11-14-7-3-5-9-16(14)21/h3-10,13H,11-12H2,1-2H3,(H,23,26)/t13-/m0/s1. The molecule has 2 rings (SSSR count). The van der Waals surface area contributed by atoms with Crippen LogP contribution in [0.1, 0.15) is 22.8 Å². The van der Waals surface area contributed by atoms with Crippen LogP contribution in [0.3, 0.4) is 0 Å². The van der Waals surface area contributed by atoms with Gasteiger partial charge in [0.05, 0.1) is 10.6 Å². The van der Waals surface area contributed by atoms with Gasteiger partial charge in [-0.05, 0) is 30.7 Å². The van der Waals surface area contributed by atoms with Gasteiger partial charge < -0.3 is 15.0 Å². The van der Waals surface area contributed by atoms with Crippen LogP contribution in [-0.4, -0.2) is 42.4 Å². The highest BCUT2D eigenvalue weighted by atomic mass is 79.9. The maximum Gasteiger partial charge on any atom is 0.328 e. The van der Waals surface area contributed by atoms with Gasteiger partial charge >= 0.3 is 5.97 Å². The van der Waals surface area contributed by atoms with Crippen molar-refractivity contribution in [3.8, 4) is 0 Å². The number of nitrogens with zero attached hydrogens (tertiary/aromatic N) is 1. The van der Waals surface area contributed by atoms with Crippen molar-refractivity contribution >= 4 is 45.3 Å². The lowest BCUT2D eigenvalue weighted by Crippen LogP contribution is -2.41. The van der Waals surface area contributed by atoms with E-state index in [1.165, 1.54) is 11.8 Å². The molecule has 0 radical (unpaired) electrons. The Labute approximate surface area is 176 Å². The summed E-state index contributed by atoms with van der Waals surface area (Å²) in [6.45, 7) is 1.44. The van der Waals surface area contributed by atoms with Gasteiger partial charge in [-0.15, -0.1) is 0 Å². The van der Waals surface area contributed by atoms with Gasteiger partial charge in [0, 0.05) is 18.1 Å². The Morgan fingerprint density at radius 3 is 2.46 bits per heavy atom. The van der Waals surface area contributed by atoms with Crippen LogP contribution in [-0.2, 0) is 20.9 Å². The molecule has 2 amide bonds. The fourth-order valence-corrected chi connectivity index (χ4v) is 2.95. The lowest BCUT2D eigenvalue weighted by molar-refractivity contribution is -0.153. The third-order valence-electron chi connectivity index (χ3n) is 3.95. The van der Waals surface area contributed by atoms with Crippen molar-refractivity contribution in [2.45, 2.75) is 19.5 Å². The first-order chi connectivity index (χ1) is 13.3. The third-order valence-corrected chi connectivity index (χ3v) is 5.05. The van der Waals surface area contributed by atoms with Gasteiger partial charge in [-0.25, -0.2) is 4.79 Å². The maximum atomic E-state index is 12.2. The highest BCUT2D eigenvalue weighted by Gasteiger charge is 2.21. The van der Waals surface area contributed by atoms with Crippen molar-refractivity contribution in [3.05, 3.63) is 69.2 Å². The number of amides is 2. The van der Waals surface area contributed by atoms with Gasteiger partial charge in [-0.1, -0.05) is 57.9 Å². The lowest BCUT2D eigenvalue weighted by Gasteiger charge is -2.19. The first kappa shape index (κ1) is 21.9. The van der Waals surface area contributed by atoms with E-state index in [1.54, 1.807) is 31.3 Å². The summed E-state index contributed by atoms with van der Waals surface area (Å²) in [5.41, 5.74) is 1.19. The number of rotatable bonds is 7. The van der Waals surface area contributed by atoms with Crippen molar-refractivity contribution in [2.75, 3.05) is 13.7 Å². The first-order valence-corrected chi connectivity index (χ1v) is 9.66. The second kappa shape index (κ2) is 10.2. The molecule has 0 heterocycles. The number of carbonyl (C=O) groups is 3. The number of hydrogen-bond acceptors (Lipinski definition) is 4. The van der Waals surface area contributed by atoms with E-state index in [-0.39, 0.29) is 16.5 Å². The molecule has 0 unspecified atom stereocenters. The summed E-state index contributed by atoms with van der Waals surface area (Å²) in [5.74, 6) is -1.55. The molecule has 0 bridgehead atoms. The van der Waals surface area contributed by atoms with E-state index in [2.05, 4.69) is 21.2 Å². The second-order valence-corrected chi connectivity index (χ2v) is 7.39. The quantitative estimate of drug-likeness (QED) is 0.633. The summed E-state index contributed by atoms with van der Waals surface area (Å²) in [6, 6.07) is 13.1. The Morgan fingerprint density at radius 2 is 1.79 bits per heavy atom. The van der Waals surface area contributed by atoms with E-state index < -0.39 is 24.5 Å². The van der Waals surface area contributed by atoms with Crippen LogP contribution in [0.5, 0.6) is 0 Å². The highest BCUT2D eigenvalue weighted by molar-refractivity contribution is 9.10. The molecule has 28 heavy (non-hydrogen) atoms. The van der Waals surface area contributed by atoms with Crippen LogP contribution in [0.4, 0.5) is 0 Å².